The molecule has 0 spiro atoms. The molecule has 0 fully saturated rings. The van der Waals surface area contributed by atoms with Gasteiger partial charge in [-0.15, -0.1) is 4.48 Å². The zero-order chi connectivity index (χ0) is 15.5. The van der Waals surface area contributed by atoms with E-state index in [1.807, 2.05) is 6.07 Å². The molecular weight excluding hydrogens is 293 g/mol. The summed E-state index contributed by atoms with van der Waals surface area (Å²) in [6, 6.07) is 15.1. The second kappa shape index (κ2) is 6.34. The minimum Gasteiger partial charge on any atom is -0.392 e. The Balaban J connectivity index is 2.50. The number of hydrogen-bond acceptors (Lipinski definition) is 3. The molecule has 21 heavy (non-hydrogen) atoms. The molecule has 0 amide bonds. The molecule has 1 atom stereocenters. The van der Waals surface area contributed by atoms with Crippen LogP contribution < -0.4 is 0 Å². The standard InChI is InChI=1S/C15H16FNO3S/c1-12(18)11-17(16)21(19,20)15-10-6-5-9-14(15)13-7-3-2-4-8-13/h2-10,12,18H,11H2,1H3/t12-/m1/s1. The van der Waals surface area contributed by atoms with Crippen LogP contribution in [0.4, 0.5) is 4.48 Å². The minimum absolute atomic E-state index is 0.126. The van der Waals surface area contributed by atoms with Crippen LogP contribution in [0.2, 0.25) is 0 Å². The average Bonchev–Trinajstić information content (AvgIpc) is 2.47. The van der Waals surface area contributed by atoms with Crippen LogP contribution in [0.25, 0.3) is 11.1 Å². The molecule has 6 heteroatoms. The maximum absolute atomic E-state index is 13.9. The Labute approximate surface area is 123 Å². The van der Waals surface area contributed by atoms with E-state index in [-0.39, 0.29) is 9.42 Å². The lowest BCUT2D eigenvalue weighted by Gasteiger charge is -2.16. The second-order valence-corrected chi connectivity index (χ2v) is 6.47. The van der Waals surface area contributed by atoms with Crippen molar-refractivity contribution < 1.29 is 18.0 Å². The van der Waals surface area contributed by atoms with Crippen molar-refractivity contribution in [1.29, 1.82) is 0 Å². The molecule has 0 saturated heterocycles. The molecule has 0 aliphatic heterocycles. The highest BCUT2D eigenvalue weighted by Gasteiger charge is 2.28. The Kier molecular flexibility index (Phi) is 4.72. The number of rotatable bonds is 5. The van der Waals surface area contributed by atoms with Gasteiger partial charge in [-0.05, 0) is 23.1 Å². The van der Waals surface area contributed by atoms with E-state index in [4.69, 9.17) is 0 Å². The van der Waals surface area contributed by atoms with E-state index in [2.05, 4.69) is 0 Å². The third kappa shape index (κ3) is 3.47. The number of sulfonamides is 1. The van der Waals surface area contributed by atoms with Crippen LogP contribution in [0.1, 0.15) is 6.92 Å². The molecule has 0 bridgehead atoms. The lowest BCUT2D eigenvalue weighted by atomic mass is 10.1. The number of nitrogens with zero attached hydrogens (tertiary/aromatic N) is 1. The third-order valence-corrected chi connectivity index (χ3v) is 4.50. The minimum atomic E-state index is -4.31. The lowest BCUT2D eigenvalue weighted by Crippen LogP contribution is -2.30. The van der Waals surface area contributed by atoms with Gasteiger partial charge >= 0.3 is 0 Å². The zero-order valence-electron chi connectivity index (χ0n) is 11.5. The number of hydrogen-bond donors (Lipinski definition) is 1. The highest BCUT2D eigenvalue weighted by molar-refractivity contribution is 7.89. The molecular formula is C15H16FNO3S. The van der Waals surface area contributed by atoms with Crippen molar-refractivity contribution >= 4 is 10.0 Å². The van der Waals surface area contributed by atoms with Gasteiger partial charge < -0.3 is 5.11 Å². The first kappa shape index (κ1) is 15.6. The summed E-state index contributed by atoms with van der Waals surface area (Å²) in [5.41, 5.74) is 1.11. The van der Waals surface area contributed by atoms with Crippen LogP contribution in [0.15, 0.2) is 59.5 Å². The van der Waals surface area contributed by atoms with E-state index < -0.39 is 22.7 Å². The number of aliphatic hydroxyl groups excluding tert-OH is 1. The Bertz CT molecular complexity index is 702. The summed E-state index contributed by atoms with van der Waals surface area (Å²) in [6.45, 7) is 0.719. The van der Waals surface area contributed by atoms with E-state index in [1.54, 1.807) is 36.4 Å². The first-order chi connectivity index (χ1) is 9.93. The van der Waals surface area contributed by atoms with Gasteiger partial charge in [0.1, 0.15) is 0 Å². The molecule has 2 rings (SSSR count). The lowest BCUT2D eigenvalue weighted by molar-refractivity contribution is 0.0698. The largest absolute Gasteiger partial charge is 0.392 e. The van der Waals surface area contributed by atoms with Gasteiger partial charge in [-0.25, -0.2) is 8.42 Å². The predicted molar refractivity (Wildman–Crippen MR) is 78.6 cm³/mol. The normalized spacial score (nSPS) is 13.3. The van der Waals surface area contributed by atoms with Gasteiger partial charge in [-0.3, -0.25) is 0 Å². The molecule has 0 radical (unpaired) electrons. The summed E-state index contributed by atoms with van der Waals surface area (Å²) in [5, 5.41) is 9.17. The molecule has 2 aromatic rings. The van der Waals surface area contributed by atoms with Crippen LogP contribution in [0.5, 0.6) is 0 Å². The molecule has 0 unspecified atom stereocenters. The molecule has 112 valence electrons. The van der Waals surface area contributed by atoms with Crippen LogP contribution in [0.3, 0.4) is 0 Å². The van der Waals surface area contributed by atoms with Gasteiger partial charge in [-0.1, -0.05) is 48.5 Å². The summed E-state index contributed by atoms with van der Waals surface area (Å²) in [7, 11) is -4.31. The topological polar surface area (TPSA) is 57.6 Å². The molecule has 4 nitrogen and oxygen atoms in total. The van der Waals surface area contributed by atoms with Crippen molar-refractivity contribution in [3.8, 4) is 11.1 Å². The van der Waals surface area contributed by atoms with Crippen molar-refractivity contribution in [2.45, 2.75) is 17.9 Å². The Morgan fingerprint density at radius 1 is 1.10 bits per heavy atom. The van der Waals surface area contributed by atoms with E-state index >= 15 is 0 Å². The van der Waals surface area contributed by atoms with E-state index in [0.29, 0.717) is 11.1 Å². The summed E-state index contributed by atoms with van der Waals surface area (Å²) in [6.07, 6.45) is -1.09. The van der Waals surface area contributed by atoms with Gasteiger partial charge in [0.25, 0.3) is 10.0 Å². The smallest absolute Gasteiger partial charge is 0.269 e. The van der Waals surface area contributed by atoms with E-state index in [0.717, 1.165) is 0 Å². The van der Waals surface area contributed by atoms with Crippen LogP contribution in [0, 0.1) is 0 Å². The molecule has 0 saturated carbocycles. The average molecular weight is 309 g/mol. The van der Waals surface area contributed by atoms with Crippen molar-refractivity contribution in [1.82, 2.24) is 4.53 Å². The number of aliphatic hydroxyl groups is 1. The van der Waals surface area contributed by atoms with Gasteiger partial charge in [-0.2, -0.15) is 0 Å². The zero-order valence-corrected chi connectivity index (χ0v) is 12.3. The highest BCUT2D eigenvalue weighted by atomic mass is 32.2. The van der Waals surface area contributed by atoms with Crippen LogP contribution >= 0.6 is 0 Å². The summed E-state index contributed by atoms with van der Waals surface area (Å²) >= 11 is 0. The van der Waals surface area contributed by atoms with Crippen LogP contribution in [-0.4, -0.2) is 30.7 Å². The quantitative estimate of drug-likeness (QED) is 0.864. The predicted octanol–water partition coefficient (Wildman–Crippen LogP) is 2.61. The second-order valence-electron chi connectivity index (χ2n) is 4.69. The Morgan fingerprint density at radius 2 is 1.67 bits per heavy atom. The highest BCUT2D eigenvalue weighted by Crippen LogP contribution is 2.29. The number of halogens is 1. The maximum Gasteiger partial charge on any atom is 0.269 e. The fourth-order valence-electron chi connectivity index (χ4n) is 1.96. The summed E-state index contributed by atoms with van der Waals surface area (Å²) < 4.78 is 38.2. The molecule has 0 heterocycles. The third-order valence-electron chi connectivity index (χ3n) is 2.92. The van der Waals surface area contributed by atoms with Crippen molar-refractivity contribution in [3.63, 3.8) is 0 Å². The molecule has 0 aliphatic carbocycles. The fourth-order valence-corrected chi connectivity index (χ4v) is 3.30. The Hall–Kier alpha value is -1.76. The first-order valence-corrected chi connectivity index (χ1v) is 7.88. The van der Waals surface area contributed by atoms with E-state index in [9.17, 15) is 18.0 Å². The van der Waals surface area contributed by atoms with Gasteiger partial charge in [0.05, 0.1) is 17.5 Å². The summed E-state index contributed by atoms with van der Waals surface area (Å²) in [4.78, 5) is -0.126. The monoisotopic (exact) mass is 309 g/mol. The summed E-state index contributed by atoms with van der Waals surface area (Å²) in [5.74, 6) is 0. The van der Waals surface area contributed by atoms with Crippen LogP contribution in [-0.2, 0) is 10.0 Å². The first-order valence-electron chi connectivity index (χ1n) is 6.44. The SMILES string of the molecule is C[C@@H](O)CN(F)S(=O)(=O)c1ccccc1-c1ccccc1. The van der Waals surface area contributed by atoms with Gasteiger partial charge in [0, 0.05) is 5.56 Å². The molecule has 0 aliphatic rings. The van der Waals surface area contributed by atoms with Gasteiger partial charge in [0.15, 0.2) is 0 Å². The van der Waals surface area contributed by atoms with E-state index in [1.165, 1.54) is 19.1 Å². The van der Waals surface area contributed by atoms with Gasteiger partial charge in [0.2, 0.25) is 0 Å². The fraction of sp³-hybridized carbons (Fsp3) is 0.200. The van der Waals surface area contributed by atoms with Crippen molar-refractivity contribution in [2.75, 3.05) is 6.54 Å². The van der Waals surface area contributed by atoms with Crippen molar-refractivity contribution in [3.05, 3.63) is 54.6 Å². The molecule has 2 aromatic carbocycles. The van der Waals surface area contributed by atoms with Crippen molar-refractivity contribution in [2.24, 2.45) is 0 Å². The maximum atomic E-state index is 13.9. The Morgan fingerprint density at radius 3 is 2.29 bits per heavy atom. The number of benzene rings is 2. The molecule has 0 aromatic heterocycles. The molecule has 1 N–H and O–H groups in total.